The van der Waals surface area contributed by atoms with Crippen LogP contribution in [0.15, 0.2) is 71.6 Å². The van der Waals surface area contributed by atoms with E-state index in [-0.39, 0.29) is 11.5 Å². The lowest BCUT2D eigenvalue weighted by Gasteiger charge is -2.13. The van der Waals surface area contributed by atoms with Crippen LogP contribution < -0.4 is 14.8 Å². The van der Waals surface area contributed by atoms with Crippen molar-refractivity contribution in [3.8, 4) is 11.8 Å². The zero-order valence-electron chi connectivity index (χ0n) is 17.0. The lowest BCUT2D eigenvalue weighted by Crippen LogP contribution is -2.20. The predicted octanol–water partition coefficient (Wildman–Crippen LogP) is 3.99. The standard InChI is InChI=1S/C23H21N3O4S/c1-16-6-5-7-17(2)23(16)26-31(28,29)20-12-10-19(11-13-20)25-22(27)15-30-21-9-4-3-8-18(21)14-24/h3-13,26H,15H2,1-2H3,(H,25,27). The Labute approximate surface area is 181 Å². The summed E-state index contributed by atoms with van der Waals surface area (Å²) in [6.07, 6.45) is 0. The molecule has 0 aliphatic rings. The third-order valence-electron chi connectivity index (χ3n) is 4.53. The molecule has 8 heteroatoms. The van der Waals surface area contributed by atoms with Gasteiger partial charge in [0.25, 0.3) is 15.9 Å². The fourth-order valence-electron chi connectivity index (χ4n) is 2.91. The second kappa shape index (κ2) is 9.32. The molecule has 0 unspecified atom stereocenters. The van der Waals surface area contributed by atoms with Gasteiger partial charge >= 0.3 is 0 Å². The molecule has 0 heterocycles. The number of anilines is 2. The molecule has 0 radical (unpaired) electrons. The van der Waals surface area contributed by atoms with Crippen LogP contribution in [-0.2, 0) is 14.8 Å². The number of aryl methyl sites for hydroxylation is 2. The molecule has 0 aromatic heterocycles. The van der Waals surface area contributed by atoms with Crippen molar-refractivity contribution < 1.29 is 17.9 Å². The van der Waals surface area contributed by atoms with Crippen molar-refractivity contribution in [3.05, 3.63) is 83.4 Å². The summed E-state index contributed by atoms with van der Waals surface area (Å²) in [6.45, 7) is 3.38. The number of rotatable bonds is 7. The van der Waals surface area contributed by atoms with Gasteiger partial charge in [0.2, 0.25) is 0 Å². The predicted molar refractivity (Wildman–Crippen MR) is 118 cm³/mol. The zero-order chi connectivity index (χ0) is 22.4. The summed E-state index contributed by atoms with van der Waals surface area (Å²) >= 11 is 0. The van der Waals surface area contributed by atoms with E-state index in [1.165, 1.54) is 24.3 Å². The molecule has 7 nitrogen and oxygen atoms in total. The Bertz CT molecular complexity index is 1230. The first-order chi connectivity index (χ1) is 14.8. The van der Waals surface area contributed by atoms with Crippen molar-refractivity contribution in [1.29, 1.82) is 5.26 Å². The quantitative estimate of drug-likeness (QED) is 0.583. The molecule has 3 rings (SSSR count). The highest BCUT2D eigenvalue weighted by atomic mass is 32.2. The number of ether oxygens (including phenoxy) is 1. The van der Waals surface area contributed by atoms with Crippen molar-refractivity contribution in [1.82, 2.24) is 0 Å². The molecular formula is C23H21N3O4S. The molecule has 0 saturated heterocycles. The third kappa shape index (κ3) is 5.41. The summed E-state index contributed by atoms with van der Waals surface area (Å²) in [6, 6.07) is 20.0. The molecular weight excluding hydrogens is 414 g/mol. The number of hydrogen-bond donors (Lipinski definition) is 2. The maximum absolute atomic E-state index is 12.7. The number of nitrogens with one attached hydrogen (secondary N) is 2. The van der Waals surface area contributed by atoms with Gasteiger partial charge in [-0.1, -0.05) is 30.3 Å². The van der Waals surface area contributed by atoms with Crippen LogP contribution in [0, 0.1) is 25.2 Å². The van der Waals surface area contributed by atoms with Crippen LogP contribution in [0.4, 0.5) is 11.4 Å². The number of para-hydroxylation sites is 2. The van der Waals surface area contributed by atoms with Gasteiger partial charge in [0.05, 0.1) is 16.1 Å². The van der Waals surface area contributed by atoms with E-state index in [1.807, 2.05) is 38.1 Å². The molecule has 0 fully saturated rings. The summed E-state index contributed by atoms with van der Waals surface area (Å²) in [5.41, 5.74) is 2.96. The first-order valence-electron chi connectivity index (χ1n) is 9.41. The molecule has 158 valence electrons. The summed E-state index contributed by atoms with van der Waals surface area (Å²) in [7, 11) is -3.78. The van der Waals surface area contributed by atoms with Gasteiger partial charge in [0.15, 0.2) is 6.61 Å². The highest BCUT2D eigenvalue weighted by Gasteiger charge is 2.17. The minimum absolute atomic E-state index is 0.0762. The van der Waals surface area contributed by atoms with E-state index in [1.54, 1.807) is 24.3 Å². The number of nitrogens with zero attached hydrogens (tertiary/aromatic N) is 1. The van der Waals surface area contributed by atoms with Crippen LogP contribution in [0.25, 0.3) is 0 Å². The van der Waals surface area contributed by atoms with Crippen molar-refractivity contribution in [2.45, 2.75) is 18.7 Å². The van der Waals surface area contributed by atoms with Crippen LogP contribution in [0.3, 0.4) is 0 Å². The Morgan fingerprint density at radius 2 is 1.61 bits per heavy atom. The van der Waals surface area contributed by atoms with E-state index in [2.05, 4.69) is 10.0 Å². The lowest BCUT2D eigenvalue weighted by molar-refractivity contribution is -0.118. The average Bonchev–Trinajstić information content (AvgIpc) is 2.75. The van der Waals surface area contributed by atoms with Gasteiger partial charge < -0.3 is 10.1 Å². The number of amides is 1. The highest BCUT2D eigenvalue weighted by Crippen LogP contribution is 2.24. The Kier molecular flexibility index (Phi) is 6.58. The molecule has 0 saturated carbocycles. The fourth-order valence-corrected chi connectivity index (χ4v) is 4.11. The van der Waals surface area contributed by atoms with E-state index in [4.69, 9.17) is 10.00 Å². The molecule has 2 N–H and O–H groups in total. The minimum Gasteiger partial charge on any atom is -0.482 e. The number of carbonyl (C=O) groups excluding carboxylic acids is 1. The van der Waals surface area contributed by atoms with E-state index < -0.39 is 15.9 Å². The zero-order valence-corrected chi connectivity index (χ0v) is 17.9. The van der Waals surface area contributed by atoms with E-state index in [9.17, 15) is 13.2 Å². The van der Waals surface area contributed by atoms with Crippen LogP contribution in [0.5, 0.6) is 5.75 Å². The number of sulfonamides is 1. The third-order valence-corrected chi connectivity index (χ3v) is 5.90. The SMILES string of the molecule is Cc1cccc(C)c1NS(=O)(=O)c1ccc(NC(=O)COc2ccccc2C#N)cc1. The summed E-state index contributed by atoms with van der Waals surface area (Å²) in [5, 5.41) is 11.7. The van der Waals surface area contributed by atoms with Crippen molar-refractivity contribution in [3.63, 3.8) is 0 Å². The van der Waals surface area contributed by atoms with Gasteiger partial charge in [-0.15, -0.1) is 0 Å². The van der Waals surface area contributed by atoms with Crippen LogP contribution in [0.1, 0.15) is 16.7 Å². The van der Waals surface area contributed by atoms with E-state index in [0.717, 1.165) is 11.1 Å². The first-order valence-corrected chi connectivity index (χ1v) is 10.9. The topological polar surface area (TPSA) is 108 Å². The lowest BCUT2D eigenvalue weighted by atomic mass is 10.1. The average molecular weight is 436 g/mol. The molecule has 0 aliphatic heterocycles. The summed E-state index contributed by atoms with van der Waals surface area (Å²) in [5.74, 6) is -0.115. The minimum atomic E-state index is -3.78. The van der Waals surface area contributed by atoms with Gasteiger partial charge in [-0.25, -0.2) is 8.42 Å². The van der Waals surface area contributed by atoms with E-state index >= 15 is 0 Å². The number of nitriles is 1. The Hall–Kier alpha value is -3.83. The first kappa shape index (κ1) is 21.9. The smallest absolute Gasteiger partial charge is 0.262 e. The van der Waals surface area contributed by atoms with Crippen molar-refractivity contribution in [2.75, 3.05) is 16.6 Å². The summed E-state index contributed by atoms with van der Waals surface area (Å²) in [4.78, 5) is 12.2. The van der Waals surface area contributed by atoms with Gasteiger partial charge in [-0.3, -0.25) is 9.52 Å². The highest BCUT2D eigenvalue weighted by molar-refractivity contribution is 7.92. The van der Waals surface area contributed by atoms with Crippen LogP contribution >= 0.6 is 0 Å². The molecule has 0 atom stereocenters. The molecule has 3 aromatic carbocycles. The Balaban J connectivity index is 1.64. The van der Waals surface area contributed by atoms with E-state index in [0.29, 0.717) is 22.7 Å². The second-order valence-electron chi connectivity index (χ2n) is 6.84. The Morgan fingerprint density at radius 3 is 2.26 bits per heavy atom. The van der Waals surface area contributed by atoms with Gasteiger partial charge in [0, 0.05) is 5.69 Å². The molecule has 0 bridgehead atoms. The second-order valence-corrected chi connectivity index (χ2v) is 8.52. The molecule has 0 spiro atoms. The number of hydrogen-bond acceptors (Lipinski definition) is 5. The number of benzene rings is 3. The maximum Gasteiger partial charge on any atom is 0.262 e. The van der Waals surface area contributed by atoms with Crippen molar-refractivity contribution in [2.24, 2.45) is 0 Å². The summed E-state index contributed by atoms with van der Waals surface area (Å²) < 4.78 is 33.4. The molecule has 31 heavy (non-hydrogen) atoms. The largest absolute Gasteiger partial charge is 0.482 e. The number of carbonyl (C=O) groups is 1. The van der Waals surface area contributed by atoms with Gasteiger partial charge in [0.1, 0.15) is 11.8 Å². The van der Waals surface area contributed by atoms with Gasteiger partial charge in [-0.2, -0.15) is 5.26 Å². The van der Waals surface area contributed by atoms with Crippen molar-refractivity contribution >= 4 is 27.3 Å². The van der Waals surface area contributed by atoms with Crippen LogP contribution in [-0.4, -0.2) is 20.9 Å². The van der Waals surface area contributed by atoms with Gasteiger partial charge in [-0.05, 0) is 61.4 Å². The Morgan fingerprint density at radius 1 is 0.968 bits per heavy atom. The van der Waals surface area contributed by atoms with Crippen LogP contribution in [0.2, 0.25) is 0 Å². The maximum atomic E-state index is 12.7. The normalized spacial score (nSPS) is 10.7. The molecule has 1 amide bonds. The molecule has 0 aliphatic carbocycles. The molecule has 3 aromatic rings. The fraction of sp³-hybridized carbons (Fsp3) is 0.130. The monoisotopic (exact) mass is 435 g/mol.